The summed E-state index contributed by atoms with van der Waals surface area (Å²) in [6.45, 7) is 2.97. The third-order valence-electron chi connectivity index (χ3n) is 4.25. The molecule has 0 aliphatic carbocycles. The SMILES string of the molecule is CCC1COC(Cn2cncn2)(c2cc3cc(OC)ccc3o2)O1. The molecule has 0 bridgehead atoms. The van der Waals surface area contributed by atoms with Gasteiger partial charge in [0.05, 0.1) is 19.8 Å². The van der Waals surface area contributed by atoms with E-state index in [9.17, 15) is 0 Å². The average Bonchev–Trinajstić information content (AvgIpc) is 3.34. The quantitative estimate of drug-likeness (QED) is 0.717. The van der Waals surface area contributed by atoms with Crippen molar-refractivity contribution in [3.05, 3.63) is 42.7 Å². The third-order valence-corrected chi connectivity index (χ3v) is 4.25. The molecule has 0 saturated carbocycles. The van der Waals surface area contributed by atoms with Crippen LogP contribution in [0.1, 0.15) is 19.1 Å². The van der Waals surface area contributed by atoms with Crippen LogP contribution < -0.4 is 4.74 Å². The molecule has 0 N–H and O–H groups in total. The highest BCUT2D eigenvalue weighted by Crippen LogP contribution is 2.39. The fraction of sp³-hybridized carbons (Fsp3) is 0.412. The Morgan fingerprint density at radius 3 is 3.00 bits per heavy atom. The first-order valence-corrected chi connectivity index (χ1v) is 7.94. The first kappa shape index (κ1) is 15.2. The molecule has 1 aliphatic rings. The van der Waals surface area contributed by atoms with Crippen LogP contribution in [0.4, 0.5) is 0 Å². The summed E-state index contributed by atoms with van der Waals surface area (Å²) in [6.07, 6.45) is 4.02. The molecular weight excluding hydrogens is 310 g/mol. The van der Waals surface area contributed by atoms with Crippen molar-refractivity contribution in [2.45, 2.75) is 31.8 Å². The summed E-state index contributed by atoms with van der Waals surface area (Å²) in [5.41, 5.74) is 0.760. The van der Waals surface area contributed by atoms with Crippen molar-refractivity contribution in [2.24, 2.45) is 0 Å². The number of nitrogens with zero attached hydrogens (tertiary/aromatic N) is 3. The molecule has 7 nitrogen and oxygen atoms in total. The van der Waals surface area contributed by atoms with Gasteiger partial charge in [0.25, 0.3) is 0 Å². The lowest BCUT2D eigenvalue weighted by molar-refractivity contribution is -0.199. The molecular formula is C17H19N3O4. The van der Waals surface area contributed by atoms with Gasteiger partial charge in [0, 0.05) is 5.39 Å². The lowest BCUT2D eigenvalue weighted by Crippen LogP contribution is -2.33. The van der Waals surface area contributed by atoms with E-state index in [1.54, 1.807) is 18.1 Å². The van der Waals surface area contributed by atoms with Gasteiger partial charge in [-0.1, -0.05) is 6.92 Å². The molecule has 4 rings (SSSR count). The summed E-state index contributed by atoms with van der Waals surface area (Å²) in [5.74, 6) is 0.401. The molecule has 2 unspecified atom stereocenters. The largest absolute Gasteiger partial charge is 0.497 e. The van der Waals surface area contributed by atoms with E-state index in [2.05, 4.69) is 17.0 Å². The summed E-state index contributed by atoms with van der Waals surface area (Å²) in [6, 6.07) is 7.61. The molecule has 7 heteroatoms. The van der Waals surface area contributed by atoms with Crippen LogP contribution in [-0.2, 0) is 21.8 Å². The van der Waals surface area contributed by atoms with E-state index in [0.29, 0.717) is 18.9 Å². The number of rotatable bonds is 5. The minimum Gasteiger partial charge on any atom is -0.497 e. The summed E-state index contributed by atoms with van der Waals surface area (Å²) in [5, 5.41) is 5.11. The van der Waals surface area contributed by atoms with Crippen molar-refractivity contribution in [3.63, 3.8) is 0 Å². The van der Waals surface area contributed by atoms with Crippen molar-refractivity contribution < 1.29 is 18.6 Å². The zero-order valence-electron chi connectivity index (χ0n) is 13.6. The molecule has 2 aromatic heterocycles. The Bertz CT molecular complexity index is 830. The summed E-state index contributed by atoms with van der Waals surface area (Å²) in [4.78, 5) is 3.99. The van der Waals surface area contributed by atoms with E-state index in [4.69, 9.17) is 18.6 Å². The summed E-state index contributed by atoms with van der Waals surface area (Å²) in [7, 11) is 1.64. The van der Waals surface area contributed by atoms with Crippen molar-refractivity contribution in [2.75, 3.05) is 13.7 Å². The Labute approximate surface area is 139 Å². The molecule has 1 saturated heterocycles. The van der Waals surface area contributed by atoms with Gasteiger partial charge >= 0.3 is 0 Å². The van der Waals surface area contributed by atoms with Gasteiger partial charge in [0.15, 0.2) is 5.76 Å². The van der Waals surface area contributed by atoms with Crippen molar-refractivity contribution in [3.8, 4) is 5.75 Å². The Morgan fingerprint density at radius 2 is 2.29 bits per heavy atom. The second-order valence-corrected chi connectivity index (χ2v) is 5.82. The van der Waals surface area contributed by atoms with E-state index >= 15 is 0 Å². The lowest BCUT2D eigenvalue weighted by Gasteiger charge is -2.25. The monoisotopic (exact) mass is 329 g/mol. The van der Waals surface area contributed by atoms with Gasteiger partial charge in [0.2, 0.25) is 5.79 Å². The Balaban J connectivity index is 1.75. The van der Waals surface area contributed by atoms with E-state index in [1.165, 1.54) is 6.33 Å². The van der Waals surface area contributed by atoms with Crippen LogP contribution in [-0.4, -0.2) is 34.6 Å². The van der Waals surface area contributed by atoms with Crippen LogP contribution in [0, 0.1) is 0 Å². The maximum absolute atomic E-state index is 6.21. The molecule has 1 aromatic carbocycles. The minimum atomic E-state index is -0.999. The number of methoxy groups -OCH3 is 1. The van der Waals surface area contributed by atoms with Gasteiger partial charge in [0.1, 0.15) is 30.5 Å². The van der Waals surface area contributed by atoms with E-state index in [1.807, 2.05) is 24.3 Å². The van der Waals surface area contributed by atoms with Gasteiger partial charge < -0.3 is 18.6 Å². The zero-order chi connectivity index (χ0) is 16.6. The maximum Gasteiger partial charge on any atom is 0.249 e. The van der Waals surface area contributed by atoms with Crippen LogP contribution in [0.2, 0.25) is 0 Å². The lowest BCUT2D eigenvalue weighted by atomic mass is 10.1. The fourth-order valence-electron chi connectivity index (χ4n) is 2.92. The van der Waals surface area contributed by atoms with Crippen LogP contribution >= 0.6 is 0 Å². The number of ether oxygens (including phenoxy) is 3. The van der Waals surface area contributed by atoms with E-state index < -0.39 is 5.79 Å². The van der Waals surface area contributed by atoms with E-state index in [0.717, 1.165) is 23.1 Å². The second-order valence-electron chi connectivity index (χ2n) is 5.82. The molecule has 3 heterocycles. The number of fused-ring (bicyclic) bond motifs is 1. The first-order valence-electron chi connectivity index (χ1n) is 7.94. The van der Waals surface area contributed by atoms with Crippen LogP contribution in [0.15, 0.2) is 41.3 Å². The normalized spacial score (nSPS) is 23.8. The highest BCUT2D eigenvalue weighted by molar-refractivity contribution is 5.79. The molecule has 0 amide bonds. The van der Waals surface area contributed by atoms with Gasteiger partial charge in [-0.05, 0) is 30.7 Å². The van der Waals surface area contributed by atoms with Crippen molar-refractivity contribution in [1.29, 1.82) is 0 Å². The Hall–Kier alpha value is -2.38. The van der Waals surface area contributed by atoms with E-state index in [-0.39, 0.29) is 6.10 Å². The highest BCUT2D eigenvalue weighted by atomic mass is 16.8. The highest BCUT2D eigenvalue weighted by Gasteiger charge is 2.46. The van der Waals surface area contributed by atoms with Crippen LogP contribution in [0.5, 0.6) is 5.75 Å². The minimum absolute atomic E-state index is 0.0243. The standard InChI is InChI=1S/C17H19N3O4/c1-3-13-8-22-17(24-13,9-20-11-18-10-19-20)16-7-12-6-14(21-2)4-5-15(12)23-16/h4-7,10-11,13H,3,8-9H2,1-2H3. The molecule has 3 aromatic rings. The molecule has 2 atom stereocenters. The summed E-state index contributed by atoms with van der Waals surface area (Å²) >= 11 is 0. The molecule has 0 spiro atoms. The van der Waals surface area contributed by atoms with Gasteiger partial charge in [-0.3, -0.25) is 0 Å². The second kappa shape index (κ2) is 5.92. The molecule has 24 heavy (non-hydrogen) atoms. The predicted octanol–water partition coefficient (Wildman–Crippen LogP) is 2.71. The summed E-state index contributed by atoms with van der Waals surface area (Å²) < 4.78 is 25.3. The van der Waals surface area contributed by atoms with Crippen LogP contribution in [0.25, 0.3) is 11.0 Å². The number of hydrogen-bond acceptors (Lipinski definition) is 6. The van der Waals surface area contributed by atoms with Gasteiger partial charge in [-0.25, -0.2) is 9.67 Å². The Kier molecular flexibility index (Phi) is 3.74. The Morgan fingerprint density at radius 1 is 1.38 bits per heavy atom. The molecule has 1 fully saturated rings. The maximum atomic E-state index is 6.21. The third kappa shape index (κ3) is 2.55. The first-order chi connectivity index (χ1) is 11.7. The fourth-order valence-corrected chi connectivity index (χ4v) is 2.92. The zero-order valence-corrected chi connectivity index (χ0v) is 13.6. The topological polar surface area (TPSA) is 71.5 Å². The number of furan rings is 1. The predicted molar refractivity (Wildman–Crippen MR) is 85.6 cm³/mol. The number of benzene rings is 1. The molecule has 126 valence electrons. The van der Waals surface area contributed by atoms with Gasteiger partial charge in [-0.2, -0.15) is 5.10 Å². The van der Waals surface area contributed by atoms with Crippen molar-refractivity contribution >= 4 is 11.0 Å². The smallest absolute Gasteiger partial charge is 0.249 e. The van der Waals surface area contributed by atoms with Crippen molar-refractivity contribution in [1.82, 2.24) is 14.8 Å². The molecule has 0 radical (unpaired) electrons. The average molecular weight is 329 g/mol. The number of hydrogen-bond donors (Lipinski definition) is 0. The number of aromatic nitrogens is 3. The molecule has 1 aliphatic heterocycles. The van der Waals surface area contributed by atoms with Crippen LogP contribution in [0.3, 0.4) is 0 Å². The van der Waals surface area contributed by atoms with Gasteiger partial charge in [-0.15, -0.1) is 0 Å².